The topological polar surface area (TPSA) is 79.0 Å². The van der Waals surface area contributed by atoms with Crippen LogP contribution in [0.5, 0.6) is 5.75 Å². The highest BCUT2D eigenvalue weighted by Gasteiger charge is 2.31. The predicted octanol–water partition coefficient (Wildman–Crippen LogP) is 1.35. The second kappa shape index (κ2) is 8.84. The molecule has 0 atom stereocenters. The second-order valence-corrected chi connectivity index (χ2v) is 8.64. The molecule has 0 bridgehead atoms. The number of nitrogens with zero attached hydrogens (tertiary/aromatic N) is 2. The van der Waals surface area contributed by atoms with Gasteiger partial charge in [0.15, 0.2) is 0 Å². The van der Waals surface area contributed by atoms with Crippen LogP contribution in [0.2, 0.25) is 5.02 Å². The average molecular weight is 390 g/mol. The molecule has 1 N–H and O–H groups in total. The molecule has 1 aromatic rings. The van der Waals surface area contributed by atoms with Crippen molar-refractivity contribution >= 4 is 27.7 Å². The van der Waals surface area contributed by atoms with Gasteiger partial charge in [0.2, 0.25) is 5.91 Å². The first-order valence-corrected chi connectivity index (χ1v) is 9.92. The first-order valence-electron chi connectivity index (χ1n) is 8.14. The van der Waals surface area contributed by atoms with Gasteiger partial charge in [-0.05, 0) is 37.1 Å². The number of rotatable bonds is 7. The van der Waals surface area contributed by atoms with E-state index in [0.717, 1.165) is 0 Å². The van der Waals surface area contributed by atoms with E-state index in [1.165, 1.54) is 22.7 Å². The lowest BCUT2D eigenvalue weighted by Gasteiger charge is -2.32. The van der Waals surface area contributed by atoms with Gasteiger partial charge >= 0.3 is 0 Å². The van der Waals surface area contributed by atoms with Crippen LogP contribution in [0.1, 0.15) is 12.8 Å². The minimum Gasteiger partial charge on any atom is -0.492 e. The summed E-state index contributed by atoms with van der Waals surface area (Å²) in [5, 5.41) is 3.48. The Morgan fingerprint density at radius 2 is 1.88 bits per heavy atom. The summed E-state index contributed by atoms with van der Waals surface area (Å²) in [6, 6.07) is 7.02. The lowest BCUT2D eigenvalue weighted by atomic mass is 9.97. The maximum absolute atomic E-state index is 12.2. The Balaban J connectivity index is 1.69. The zero-order valence-electron chi connectivity index (χ0n) is 14.4. The van der Waals surface area contributed by atoms with Gasteiger partial charge in [-0.2, -0.15) is 17.0 Å². The van der Waals surface area contributed by atoms with E-state index in [-0.39, 0.29) is 11.8 Å². The Bertz CT molecular complexity index is 671. The van der Waals surface area contributed by atoms with E-state index in [9.17, 15) is 13.2 Å². The van der Waals surface area contributed by atoms with Crippen LogP contribution in [0.4, 0.5) is 0 Å². The molecule has 140 valence electrons. The summed E-state index contributed by atoms with van der Waals surface area (Å²) in [7, 11) is -0.381. The molecular formula is C16H24ClN3O4S. The molecule has 0 unspecified atom stereocenters. The molecule has 1 aliphatic rings. The number of amides is 1. The number of benzene rings is 1. The summed E-state index contributed by atoms with van der Waals surface area (Å²) >= 11 is 5.80. The Morgan fingerprint density at radius 3 is 2.44 bits per heavy atom. The summed E-state index contributed by atoms with van der Waals surface area (Å²) in [6.07, 6.45) is 1.05. The number of carbonyl (C=O) groups excluding carboxylic acids is 1. The molecule has 0 radical (unpaired) electrons. The number of hydrogen-bond donors (Lipinski definition) is 1. The van der Waals surface area contributed by atoms with Crippen molar-refractivity contribution in [1.82, 2.24) is 13.9 Å². The second-order valence-electron chi connectivity index (χ2n) is 6.06. The molecule has 0 saturated carbocycles. The van der Waals surface area contributed by atoms with Gasteiger partial charge < -0.3 is 10.1 Å². The summed E-state index contributed by atoms with van der Waals surface area (Å²) in [4.78, 5) is 12.2. The van der Waals surface area contributed by atoms with Crippen molar-refractivity contribution in [3.05, 3.63) is 29.3 Å². The van der Waals surface area contributed by atoms with Gasteiger partial charge in [0.25, 0.3) is 10.2 Å². The van der Waals surface area contributed by atoms with Gasteiger partial charge in [0, 0.05) is 38.1 Å². The number of nitrogens with one attached hydrogen (secondary N) is 1. The van der Waals surface area contributed by atoms with E-state index in [0.29, 0.717) is 49.9 Å². The van der Waals surface area contributed by atoms with E-state index in [2.05, 4.69) is 5.32 Å². The Hall–Kier alpha value is -1.35. The van der Waals surface area contributed by atoms with Gasteiger partial charge in [-0.25, -0.2) is 0 Å². The first-order chi connectivity index (χ1) is 11.8. The fourth-order valence-electron chi connectivity index (χ4n) is 2.60. The van der Waals surface area contributed by atoms with Gasteiger partial charge in [-0.15, -0.1) is 0 Å². The molecule has 1 fully saturated rings. The lowest BCUT2D eigenvalue weighted by Crippen LogP contribution is -2.47. The van der Waals surface area contributed by atoms with Crippen molar-refractivity contribution in [1.29, 1.82) is 0 Å². The Morgan fingerprint density at radius 1 is 1.28 bits per heavy atom. The van der Waals surface area contributed by atoms with Crippen LogP contribution in [0.25, 0.3) is 0 Å². The average Bonchev–Trinajstić information content (AvgIpc) is 2.60. The maximum Gasteiger partial charge on any atom is 0.281 e. The summed E-state index contributed by atoms with van der Waals surface area (Å²) < 4.78 is 32.2. The van der Waals surface area contributed by atoms with Crippen LogP contribution in [0.15, 0.2) is 24.3 Å². The molecule has 2 rings (SSSR count). The molecule has 9 heteroatoms. The molecule has 1 amide bonds. The van der Waals surface area contributed by atoms with Crippen molar-refractivity contribution in [2.45, 2.75) is 12.8 Å². The standard InChI is InChI=1S/C16H24ClN3O4S/c1-19(2)25(22,23)20-10-7-13(8-11-20)16(21)18-9-12-24-15-5-3-14(17)4-6-15/h3-6,13H,7-12H2,1-2H3,(H,18,21). The van der Waals surface area contributed by atoms with Crippen LogP contribution >= 0.6 is 11.6 Å². The van der Waals surface area contributed by atoms with Crippen LogP contribution < -0.4 is 10.1 Å². The smallest absolute Gasteiger partial charge is 0.281 e. The van der Waals surface area contributed by atoms with Crippen LogP contribution in [0.3, 0.4) is 0 Å². The third-order valence-corrected chi connectivity index (χ3v) is 6.29. The molecule has 1 heterocycles. The SMILES string of the molecule is CN(C)S(=O)(=O)N1CCC(C(=O)NCCOc2ccc(Cl)cc2)CC1. The lowest BCUT2D eigenvalue weighted by molar-refractivity contribution is -0.126. The van der Waals surface area contributed by atoms with E-state index < -0.39 is 10.2 Å². The fourth-order valence-corrected chi connectivity index (χ4v) is 3.86. The minimum atomic E-state index is -3.40. The quantitative estimate of drug-likeness (QED) is 0.714. The van der Waals surface area contributed by atoms with E-state index in [4.69, 9.17) is 16.3 Å². The zero-order valence-corrected chi connectivity index (χ0v) is 16.0. The third-order valence-electron chi connectivity index (χ3n) is 4.10. The molecule has 1 saturated heterocycles. The van der Waals surface area contributed by atoms with Crippen molar-refractivity contribution in [3.8, 4) is 5.75 Å². The van der Waals surface area contributed by atoms with Crippen LogP contribution in [0, 0.1) is 5.92 Å². The summed E-state index contributed by atoms with van der Waals surface area (Å²) in [5.41, 5.74) is 0. The number of hydrogen-bond acceptors (Lipinski definition) is 4. The normalized spacial score (nSPS) is 16.8. The van der Waals surface area contributed by atoms with Gasteiger partial charge in [0.1, 0.15) is 12.4 Å². The first kappa shape index (κ1) is 20.0. The fraction of sp³-hybridized carbons (Fsp3) is 0.562. The summed E-state index contributed by atoms with van der Waals surface area (Å²) in [6.45, 7) is 1.48. The molecular weight excluding hydrogens is 366 g/mol. The molecule has 1 aromatic carbocycles. The third kappa shape index (κ3) is 5.57. The van der Waals surface area contributed by atoms with Crippen molar-refractivity contribution in [3.63, 3.8) is 0 Å². The maximum atomic E-state index is 12.2. The van der Waals surface area contributed by atoms with Crippen LogP contribution in [-0.2, 0) is 15.0 Å². The highest BCUT2D eigenvalue weighted by atomic mass is 35.5. The van der Waals surface area contributed by atoms with E-state index in [1.807, 2.05) is 0 Å². The molecule has 25 heavy (non-hydrogen) atoms. The molecule has 1 aliphatic heterocycles. The molecule has 7 nitrogen and oxygen atoms in total. The largest absolute Gasteiger partial charge is 0.492 e. The monoisotopic (exact) mass is 389 g/mol. The van der Waals surface area contributed by atoms with Crippen LogP contribution in [-0.4, -0.2) is 63.3 Å². The number of halogens is 1. The molecule has 0 spiro atoms. The minimum absolute atomic E-state index is 0.0541. The van der Waals surface area contributed by atoms with Crippen molar-refractivity contribution in [2.24, 2.45) is 5.92 Å². The highest BCUT2D eigenvalue weighted by Crippen LogP contribution is 2.20. The molecule has 0 aromatic heterocycles. The van der Waals surface area contributed by atoms with Gasteiger partial charge in [0.05, 0.1) is 6.54 Å². The Kier molecular flexibility index (Phi) is 7.06. The van der Waals surface area contributed by atoms with Crippen molar-refractivity contribution in [2.75, 3.05) is 40.3 Å². The van der Waals surface area contributed by atoms with E-state index >= 15 is 0 Å². The number of piperidine rings is 1. The number of ether oxygens (including phenoxy) is 1. The zero-order chi connectivity index (χ0) is 18.4. The van der Waals surface area contributed by atoms with Gasteiger partial charge in [-0.3, -0.25) is 4.79 Å². The van der Waals surface area contributed by atoms with Crippen molar-refractivity contribution < 1.29 is 17.9 Å². The van der Waals surface area contributed by atoms with Gasteiger partial charge in [-0.1, -0.05) is 11.6 Å². The highest BCUT2D eigenvalue weighted by molar-refractivity contribution is 7.86. The summed E-state index contributed by atoms with van der Waals surface area (Å²) in [5.74, 6) is 0.478. The predicted molar refractivity (Wildman–Crippen MR) is 96.9 cm³/mol. The van der Waals surface area contributed by atoms with E-state index in [1.54, 1.807) is 24.3 Å². The number of carbonyl (C=O) groups is 1. The Labute approximate surface area is 154 Å². The molecule has 0 aliphatic carbocycles.